The van der Waals surface area contributed by atoms with E-state index in [1.54, 1.807) is 0 Å². The van der Waals surface area contributed by atoms with Gasteiger partial charge in [-0.25, -0.2) is 13.2 Å². The lowest BCUT2D eigenvalue weighted by atomic mass is 10.0. The maximum Gasteiger partial charge on any atom is 0.254 e. The highest BCUT2D eigenvalue weighted by atomic mass is 19.2. The van der Waals surface area contributed by atoms with Crippen LogP contribution in [0.4, 0.5) is 13.2 Å². The molecule has 1 unspecified atom stereocenters. The number of hydrogen-bond donors (Lipinski definition) is 1. The Labute approximate surface area is 134 Å². The van der Waals surface area contributed by atoms with Gasteiger partial charge in [0.1, 0.15) is 0 Å². The summed E-state index contributed by atoms with van der Waals surface area (Å²) >= 11 is 0. The van der Waals surface area contributed by atoms with Crippen LogP contribution in [0.1, 0.15) is 43.5 Å². The van der Waals surface area contributed by atoms with Crippen LogP contribution >= 0.6 is 0 Å². The molecule has 0 bridgehead atoms. The van der Waals surface area contributed by atoms with Crippen LogP contribution in [0.3, 0.4) is 0 Å². The third kappa shape index (κ3) is 4.47. The number of amides is 1. The van der Waals surface area contributed by atoms with Gasteiger partial charge in [-0.05, 0) is 50.4 Å². The molecular weight excluding hydrogens is 305 g/mol. The number of benzene rings is 1. The highest BCUT2D eigenvalue weighted by Gasteiger charge is 2.24. The van der Waals surface area contributed by atoms with Crippen molar-refractivity contribution in [3.63, 3.8) is 0 Å². The zero-order valence-electron chi connectivity index (χ0n) is 13.5. The molecule has 1 aromatic rings. The topological polar surface area (TPSA) is 32.3 Å². The molecule has 1 amide bonds. The van der Waals surface area contributed by atoms with Crippen LogP contribution in [0.15, 0.2) is 12.1 Å². The van der Waals surface area contributed by atoms with Gasteiger partial charge in [-0.15, -0.1) is 0 Å². The van der Waals surface area contributed by atoms with E-state index in [1.165, 1.54) is 0 Å². The predicted molar refractivity (Wildman–Crippen MR) is 82.7 cm³/mol. The van der Waals surface area contributed by atoms with Crippen LogP contribution < -0.4 is 5.32 Å². The van der Waals surface area contributed by atoms with Crippen LogP contribution in [0, 0.1) is 23.4 Å². The first kappa shape index (κ1) is 17.8. The number of halogens is 3. The Morgan fingerprint density at radius 2 is 1.83 bits per heavy atom. The van der Waals surface area contributed by atoms with Crippen molar-refractivity contribution in [1.29, 1.82) is 0 Å². The molecule has 1 aliphatic rings. The van der Waals surface area contributed by atoms with Crippen molar-refractivity contribution in [3.05, 3.63) is 35.1 Å². The number of rotatable bonds is 6. The standard InChI is InChI=1S/C17H23F3N2O/c1-11(2)9-12(22-7-3-4-8-22)10-21-17(23)13-5-6-14(18)16(20)15(13)19/h5-6,11-12H,3-4,7-10H2,1-2H3,(H,21,23). The van der Waals surface area contributed by atoms with Gasteiger partial charge in [-0.3, -0.25) is 9.69 Å². The molecule has 0 saturated carbocycles. The van der Waals surface area contributed by atoms with Gasteiger partial charge in [0, 0.05) is 12.6 Å². The minimum absolute atomic E-state index is 0.176. The molecule has 1 aromatic carbocycles. The van der Waals surface area contributed by atoms with Crippen LogP contribution in [-0.4, -0.2) is 36.5 Å². The molecule has 6 heteroatoms. The SMILES string of the molecule is CC(C)CC(CNC(=O)c1ccc(F)c(F)c1F)N1CCCC1. The first-order valence-corrected chi connectivity index (χ1v) is 8.06. The largest absolute Gasteiger partial charge is 0.350 e. The van der Waals surface area contributed by atoms with Crippen LogP contribution in [0.5, 0.6) is 0 Å². The Morgan fingerprint density at radius 1 is 1.17 bits per heavy atom. The number of nitrogens with zero attached hydrogens (tertiary/aromatic N) is 1. The van der Waals surface area contributed by atoms with Gasteiger partial charge in [0.15, 0.2) is 17.5 Å². The first-order chi connectivity index (χ1) is 10.9. The summed E-state index contributed by atoms with van der Waals surface area (Å²) < 4.78 is 39.8. The van der Waals surface area contributed by atoms with Gasteiger partial charge in [0.2, 0.25) is 0 Å². The average Bonchev–Trinajstić information content (AvgIpc) is 3.03. The maximum absolute atomic E-state index is 13.7. The van der Waals surface area contributed by atoms with E-state index in [0.717, 1.165) is 44.5 Å². The summed E-state index contributed by atoms with van der Waals surface area (Å²) in [6.45, 7) is 6.58. The fourth-order valence-electron chi connectivity index (χ4n) is 3.02. The number of carbonyl (C=O) groups is 1. The predicted octanol–water partition coefficient (Wildman–Crippen LogP) is 3.34. The quantitative estimate of drug-likeness (QED) is 0.812. The number of hydrogen-bond acceptors (Lipinski definition) is 2. The number of nitrogens with one attached hydrogen (secondary N) is 1. The third-order valence-corrected chi connectivity index (χ3v) is 4.18. The summed E-state index contributed by atoms with van der Waals surface area (Å²) in [7, 11) is 0. The second-order valence-corrected chi connectivity index (χ2v) is 6.46. The fraction of sp³-hybridized carbons (Fsp3) is 0.588. The molecule has 3 nitrogen and oxygen atoms in total. The lowest BCUT2D eigenvalue weighted by molar-refractivity contribution is 0.0928. The lowest BCUT2D eigenvalue weighted by Gasteiger charge is -2.29. The molecule has 1 atom stereocenters. The van der Waals surface area contributed by atoms with E-state index in [1.807, 2.05) is 0 Å². The molecule has 1 fully saturated rings. The normalized spacial score (nSPS) is 16.8. The Morgan fingerprint density at radius 3 is 2.43 bits per heavy atom. The molecule has 1 heterocycles. The molecule has 0 aliphatic carbocycles. The molecule has 1 N–H and O–H groups in total. The zero-order valence-corrected chi connectivity index (χ0v) is 13.5. The van der Waals surface area contributed by atoms with Crippen LogP contribution in [-0.2, 0) is 0 Å². The monoisotopic (exact) mass is 328 g/mol. The smallest absolute Gasteiger partial charge is 0.254 e. The summed E-state index contributed by atoms with van der Waals surface area (Å²) in [6.07, 6.45) is 3.20. The summed E-state index contributed by atoms with van der Waals surface area (Å²) in [4.78, 5) is 14.4. The van der Waals surface area contributed by atoms with E-state index in [-0.39, 0.29) is 6.04 Å². The number of likely N-dealkylation sites (tertiary alicyclic amines) is 1. The van der Waals surface area contributed by atoms with Crippen molar-refractivity contribution in [2.75, 3.05) is 19.6 Å². The van der Waals surface area contributed by atoms with Crippen molar-refractivity contribution in [2.45, 2.75) is 39.2 Å². The van der Waals surface area contributed by atoms with Gasteiger partial charge < -0.3 is 5.32 Å². The van der Waals surface area contributed by atoms with Crippen molar-refractivity contribution in [2.24, 2.45) is 5.92 Å². The van der Waals surface area contributed by atoms with Crippen LogP contribution in [0.25, 0.3) is 0 Å². The van der Waals surface area contributed by atoms with Crippen molar-refractivity contribution in [1.82, 2.24) is 10.2 Å². The lowest BCUT2D eigenvalue weighted by Crippen LogP contribution is -2.43. The second-order valence-electron chi connectivity index (χ2n) is 6.46. The Bertz CT molecular complexity index is 557. The Kier molecular flexibility index (Phi) is 6.04. The summed E-state index contributed by atoms with van der Waals surface area (Å²) in [6, 6.07) is 1.91. The highest BCUT2D eigenvalue weighted by Crippen LogP contribution is 2.18. The van der Waals surface area contributed by atoms with E-state index < -0.39 is 28.9 Å². The van der Waals surface area contributed by atoms with E-state index >= 15 is 0 Å². The summed E-state index contributed by atoms with van der Waals surface area (Å²) in [5.41, 5.74) is -0.464. The molecule has 128 valence electrons. The van der Waals surface area contributed by atoms with Crippen molar-refractivity contribution >= 4 is 5.91 Å². The van der Waals surface area contributed by atoms with Gasteiger partial charge in [0.05, 0.1) is 5.56 Å². The van der Waals surface area contributed by atoms with Gasteiger partial charge >= 0.3 is 0 Å². The molecule has 1 saturated heterocycles. The van der Waals surface area contributed by atoms with Gasteiger partial charge in [-0.2, -0.15) is 0 Å². The molecule has 2 rings (SSSR count). The molecule has 23 heavy (non-hydrogen) atoms. The number of carbonyl (C=O) groups excluding carboxylic acids is 1. The minimum Gasteiger partial charge on any atom is -0.350 e. The summed E-state index contributed by atoms with van der Waals surface area (Å²) in [5, 5.41) is 2.66. The average molecular weight is 328 g/mol. The zero-order chi connectivity index (χ0) is 17.0. The molecule has 0 aromatic heterocycles. The third-order valence-electron chi connectivity index (χ3n) is 4.18. The Balaban J connectivity index is 2.02. The second kappa shape index (κ2) is 7.81. The summed E-state index contributed by atoms with van der Waals surface area (Å²) in [5.74, 6) is -4.60. The van der Waals surface area contributed by atoms with E-state index in [0.29, 0.717) is 12.5 Å². The first-order valence-electron chi connectivity index (χ1n) is 8.06. The Hall–Kier alpha value is -1.56. The highest BCUT2D eigenvalue weighted by molar-refractivity contribution is 5.94. The molecule has 0 spiro atoms. The van der Waals surface area contributed by atoms with E-state index in [2.05, 4.69) is 24.1 Å². The van der Waals surface area contributed by atoms with Crippen molar-refractivity contribution < 1.29 is 18.0 Å². The molecular formula is C17H23F3N2O. The van der Waals surface area contributed by atoms with E-state index in [4.69, 9.17) is 0 Å². The van der Waals surface area contributed by atoms with E-state index in [9.17, 15) is 18.0 Å². The minimum atomic E-state index is -1.61. The van der Waals surface area contributed by atoms with Crippen LogP contribution in [0.2, 0.25) is 0 Å². The molecule has 1 aliphatic heterocycles. The maximum atomic E-state index is 13.7. The van der Waals surface area contributed by atoms with Gasteiger partial charge in [0.25, 0.3) is 5.91 Å². The van der Waals surface area contributed by atoms with Gasteiger partial charge in [-0.1, -0.05) is 13.8 Å². The molecule has 0 radical (unpaired) electrons. The fourth-order valence-corrected chi connectivity index (χ4v) is 3.02. The van der Waals surface area contributed by atoms with Crippen molar-refractivity contribution in [3.8, 4) is 0 Å².